The van der Waals surface area contributed by atoms with Gasteiger partial charge < -0.3 is 9.69 Å². The highest BCUT2D eigenvalue weighted by Crippen LogP contribution is 2.30. The number of carbonyl (C=O) groups excluding carboxylic acids is 1. The Hall–Kier alpha value is -0.350. The quantitative estimate of drug-likeness (QED) is 0.630. The van der Waals surface area contributed by atoms with Gasteiger partial charge in [-0.2, -0.15) is 0 Å². The largest absolute Gasteiger partial charge is 0.377 e. The van der Waals surface area contributed by atoms with Crippen LogP contribution in [0.2, 0.25) is 0 Å². The highest BCUT2D eigenvalue weighted by atomic mass is 79.9. The molecule has 1 rings (SSSR count). The van der Waals surface area contributed by atoms with Crippen LogP contribution in [0.15, 0.2) is 22.7 Å². The number of carbonyl (C=O) groups is 1. The molecular weight excluding hydrogens is 310 g/mol. The third kappa shape index (κ3) is 2.58. The molecule has 0 aromatic heterocycles. The molecule has 0 saturated heterocycles. The lowest BCUT2D eigenvalue weighted by molar-refractivity contribution is -0.107. The van der Waals surface area contributed by atoms with Crippen molar-refractivity contribution in [3.63, 3.8) is 0 Å². The third-order valence-corrected chi connectivity index (χ3v) is 3.27. The minimum atomic E-state index is -0.227. The summed E-state index contributed by atoms with van der Waals surface area (Å²) in [5.41, 5.74) is 2.05. The molecule has 0 spiro atoms. The normalized spacial score (nSPS) is 12.3. The lowest BCUT2D eigenvalue weighted by atomic mass is 10.1. The Kier molecular flexibility index (Phi) is 4.13. The molecule has 1 unspecified atom stereocenters. The molecule has 0 heterocycles. The predicted octanol–water partition coefficient (Wildman–Crippen LogP) is 3.15. The summed E-state index contributed by atoms with van der Waals surface area (Å²) < 4.78 is 0.992. The fraction of sp³-hybridized carbons (Fsp3) is 0.300. The van der Waals surface area contributed by atoms with Crippen molar-refractivity contribution in [1.82, 2.24) is 0 Å². The van der Waals surface area contributed by atoms with E-state index in [1.165, 1.54) is 0 Å². The zero-order valence-corrected chi connectivity index (χ0v) is 11.2. The number of nitrogens with zero attached hydrogens (tertiary/aromatic N) is 1. The summed E-state index contributed by atoms with van der Waals surface area (Å²) in [6.07, 6.45) is 0.872. The summed E-state index contributed by atoms with van der Waals surface area (Å²) in [4.78, 5) is 12.3. The van der Waals surface area contributed by atoms with Crippen molar-refractivity contribution in [2.24, 2.45) is 0 Å². The Bertz CT molecular complexity index is 339. The summed E-state index contributed by atoms with van der Waals surface area (Å²) in [6, 6.07) is 5.87. The molecule has 1 aromatic rings. The van der Waals surface area contributed by atoms with Crippen LogP contribution in [0.25, 0.3) is 0 Å². The number of hydrogen-bond acceptors (Lipinski definition) is 2. The lowest BCUT2D eigenvalue weighted by Crippen LogP contribution is -2.09. The number of benzene rings is 1. The van der Waals surface area contributed by atoms with Gasteiger partial charge in [-0.15, -0.1) is 0 Å². The van der Waals surface area contributed by atoms with E-state index in [-0.39, 0.29) is 4.83 Å². The molecule has 0 saturated carbocycles. The maximum atomic E-state index is 10.6. The first kappa shape index (κ1) is 11.7. The van der Waals surface area contributed by atoms with Crippen LogP contribution in [0.5, 0.6) is 0 Å². The summed E-state index contributed by atoms with van der Waals surface area (Å²) in [5.74, 6) is 0. The number of alkyl halides is 1. The second kappa shape index (κ2) is 4.94. The Balaban J connectivity index is 3.06. The molecule has 2 nitrogen and oxygen atoms in total. The molecule has 0 amide bonds. The first-order valence-electron chi connectivity index (χ1n) is 4.12. The van der Waals surface area contributed by atoms with E-state index < -0.39 is 0 Å². The Morgan fingerprint density at radius 2 is 2.07 bits per heavy atom. The standard InChI is InChI=1S/C10H11Br2NO/c1-13(2)10-4-3-7(5-8(10)11)9(12)6-14/h3-6,9H,1-2H3. The van der Waals surface area contributed by atoms with Crippen LogP contribution in [0.4, 0.5) is 5.69 Å². The SMILES string of the molecule is CN(C)c1ccc(C(Br)C=O)cc1Br. The summed E-state index contributed by atoms with van der Waals surface area (Å²) in [6.45, 7) is 0. The van der Waals surface area contributed by atoms with Gasteiger partial charge in [0.25, 0.3) is 0 Å². The molecule has 0 N–H and O–H groups in total. The van der Waals surface area contributed by atoms with Gasteiger partial charge in [-0.25, -0.2) is 0 Å². The fourth-order valence-electron chi connectivity index (χ4n) is 1.14. The Morgan fingerprint density at radius 3 is 2.50 bits per heavy atom. The van der Waals surface area contributed by atoms with Crippen molar-refractivity contribution in [2.75, 3.05) is 19.0 Å². The van der Waals surface area contributed by atoms with Gasteiger partial charge in [-0.05, 0) is 33.6 Å². The molecule has 0 radical (unpaired) electrons. The second-order valence-corrected chi connectivity index (χ2v) is 4.98. The van der Waals surface area contributed by atoms with E-state index in [4.69, 9.17) is 0 Å². The molecule has 4 heteroatoms. The molecule has 1 aromatic carbocycles. The average molecular weight is 321 g/mol. The minimum Gasteiger partial charge on any atom is -0.377 e. The maximum Gasteiger partial charge on any atom is 0.138 e. The average Bonchev–Trinajstić information content (AvgIpc) is 2.15. The van der Waals surface area contributed by atoms with E-state index in [1.807, 2.05) is 37.2 Å². The van der Waals surface area contributed by atoms with Crippen molar-refractivity contribution < 1.29 is 4.79 Å². The molecule has 0 aliphatic carbocycles. The van der Waals surface area contributed by atoms with Crippen LogP contribution >= 0.6 is 31.9 Å². The number of aldehydes is 1. The monoisotopic (exact) mass is 319 g/mol. The zero-order valence-electron chi connectivity index (χ0n) is 8.00. The summed E-state index contributed by atoms with van der Waals surface area (Å²) in [7, 11) is 3.95. The van der Waals surface area contributed by atoms with Gasteiger partial charge in [0.05, 0.1) is 10.5 Å². The molecule has 76 valence electrons. The van der Waals surface area contributed by atoms with Crippen LogP contribution in [-0.4, -0.2) is 20.4 Å². The predicted molar refractivity (Wildman–Crippen MR) is 66.2 cm³/mol. The van der Waals surface area contributed by atoms with Gasteiger partial charge in [0.15, 0.2) is 0 Å². The summed E-state index contributed by atoms with van der Waals surface area (Å²) >= 11 is 6.74. The molecular formula is C10H11Br2NO. The molecule has 0 fully saturated rings. The number of rotatable bonds is 3. The van der Waals surface area contributed by atoms with Crippen LogP contribution in [-0.2, 0) is 4.79 Å². The van der Waals surface area contributed by atoms with Crippen LogP contribution in [0.1, 0.15) is 10.4 Å². The zero-order chi connectivity index (χ0) is 10.7. The molecule has 1 atom stereocenters. The second-order valence-electron chi connectivity index (χ2n) is 3.14. The molecule has 0 aliphatic rings. The van der Waals surface area contributed by atoms with Crippen LogP contribution in [0.3, 0.4) is 0 Å². The highest BCUT2D eigenvalue weighted by molar-refractivity contribution is 9.10. The van der Waals surface area contributed by atoms with Crippen molar-refractivity contribution in [3.8, 4) is 0 Å². The van der Waals surface area contributed by atoms with E-state index in [0.29, 0.717) is 0 Å². The molecule has 0 aliphatic heterocycles. The first-order chi connectivity index (χ1) is 6.56. The Morgan fingerprint density at radius 1 is 1.43 bits per heavy atom. The number of hydrogen-bond donors (Lipinski definition) is 0. The Labute approximate surface area is 101 Å². The summed E-state index contributed by atoms with van der Waals surface area (Å²) in [5, 5.41) is 0. The van der Waals surface area contributed by atoms with Crippen molar-refractivity contribution in [1.29, 1.82) is 0 Å². The van der Waals surface area contributed by atoms with E-state index in [0.717, 1.165) is 22.0 Å². The van der Waals surface area contributed by atoms with Crippen molar-refractivity contribution in [2.45, 2.75) is 4.83 Å². The highest BCUT2D eigenvalue weighted by Gasteiger charge is 2.08. The van der Waals surface area contributed by atoms with E-state index in [9.17, 15) is 4.79 Å². The van der Waals surface area contributed by atoms with Crippen LogP contribution in [0, 0.1) is 0 Å². The van der Waals surface area contributed by atoms with E-state index in [1.54, 1.807) is 0 Å². The first-order valence-corrected chi connectivity index (χ1v) is 5.83. The third-order valence-electron chi connectivity index (χ3n) is 1.89. The minimum absolute atomic E-state index is 0.227. The van der Waals surface area contributed by atoms with Gasteiger partial charge in [-0.3, -0.25) is 0 Å². The smallest absolute Gasteiger partial charge is 0.138 e. The number of anilines is 1. The van der Waals surface area contributed by atoms with Crippen molar-refractivity contribution >= 4 is 43.8 Å². The van der Waals surface area contributed by atoms with Crippen LogP contribution < -0.4 is 4.90 Å². The molecule has 0 bridgehead atoms. The van der Waals surface area contributed by atoms with Gasteiger partial charge >= 0.3 is 0 Å². The van der Waals surface area contributed by atoms with Gasteiger partial charge in [0, 0.05) is 18.6 Å². The van der Waals surface area contributed by atoms with Gasteiger partial charge in [0.1, 0.15) is 6.29 Å². The van der Waals surface area contributed by atoms with E-state index in [2.05, 4.69) is 31.9 Å². The topological polar surface area (TPSA) is 20.3 Å². The van der Waals surface area contributed by atoms with E-state index >= 15 is 0 Å². The number of halogens is 2. The van der Waals surface area contributed by atoms with Gasteiger partial charge in [0.2, 0.25) is 0 Å². The lowest BCUT2D eigenvalue weighted by Gasteiger charge is -2.15. The van der Waals surface area contributed by atoms with Gasteiger partial charge in [-0.1, -0.05) is 22.0 Å². The molecule has 14 heavy (non-hydrogen) atoms. The maximum absolute atomic E-state index is 10.6. The fourth-order valence-corrected chi connectivity index (χ4v) is 2.17. The van der Waals surface area contributed by atoms with Crippen molar-refractivity contribution in [3.05, 3.63) is 28.2 Å².